The molecule has 16 heavy (non-hydrogen) atoms. The van der Waals surface area contributed by atoms with Gasteiger partial charge >= 0.3 is 0 Å². The minimum atomic E-state index is -0.450. The van der Waals surface area contributed by atoms with Gasteiger partial charge in [0.25, 0.3) is 5.91 Å². The number of carbonyl (C=O) groups excluding carboxylic acids is 1. The maximum absolute atomic E-state index is 11.3. The van der Waals surface area contributed by atoms with E-state index in [2.05, 4.69) is 0 Å². The number of para-hydroxylation sites is 1. The van der Waals surface area contributed by atoms with E-state index in [4.69, 9.17) is 16.2 Å². The van der Waals surface area contributed by atoms with Crippen LogP contribution in [-0.2, 0) is 4.74 Å². The summed E-state index contributed by atoms with van der Waals surface area (Å²) in [5.74, 6) is -0.450. The van der Waals surface area contributed by atoms with Gasteiger partial charge in [0.1, 0.15) is 0 Å². The van der Waals surface area contributed by atoms with E-state index in [9.17, 15) is 4.79 Å². The molecular formula is C11H15N3O2. The van der Waals surface area contributed by atoms with E-state index in [1.165, 1.54) is 0 Å². The van der Waals surface area contributed by atoms with Crippen molar-refractivity contribution >= 4 is 17.3 Å². The predicted octanol–water partition coefficient (Wildman–Crippen LogP) is 0.204. The molecule has 5 heteroatoms. The number of anilines is 2. The first kappa shape index (κ1) is 10.8. The zero-order valence-electron chi connectivity index (χ0n) is 8.98. The van der Waals surface area contributed by atoms with Crippen molar-refractivity contribution in [2.24, 2.45) is 5.73 Å². The number of carbonyl (C=O) groups is 1. The van der Waals surface area contributed by atoms with Crippen LogP contribution in [0.5, 0.6) is 0 Å². The number of primary amides is 1. The lowest BCUT2D eigenvalue weighted by Gasteiger charge is -2.31. The fraction of sp³-hybridized carbons (Fsp3) is 0.364. The zero-order valence-corrected chi connectivity index (χ0v) is 8.98. The van der Waals surface area contributed by atoms with Crippen LogP contribution in [-0.4, -0.2) is 32.2 Å². The van der Waals surface area contributed by atoms with Gasteiger partial charge in [-0.3, -0.25) is 4.79 Å². The quantitative estimate of drug-likeness (QED) is 0.699. The summed E-state index contributed by atoms with van der Waals surface area (Å²) in [6, 6.07) is 5.21. The summed E-state index contributed by atoms with van der Waals surface area (Å²) in [6.45, 7) is 2.75. The van der Waals surface area contributed by atoms with E-state index in [0.29, 0.717) is 24.5 Å². The topological polar surface area (TPSA) is 81.6 Å². The Balaban J connectivity index is 2.40. The molecule has 0 aromatic heterocycles. The molecule has 86 valence electrons. The van der Waals surface area contributed by atoms with Gasteiger partial charge in [0.05, 0.1) is 30.2 Å². The van der Waals surface area contributed by atoms with Crippen molar-refractivity contribution in [2.75, 3.05) is 36.9 Å². The van der Waals surface area contributed by atoms with Crippen LogP contribution < -0.4 is 16.4 Å². The Morgan fingerprint density at radius 3 is 2.62 bits per heavy atom. The van der Waals surface area contributed by atoms with Crippen molar-refractivity contribution in [1.29, 1.82) is 0 Å². The molecular weight excluding hydrogens is 206 g/mol. The van der Waals surface area contributed by atoms with Gasteiger partial charge in [-0.2, -0.15) is 0 Å². The Bertz CT molecular complexity index is 400. The molecule has 0 radical (unpaired) electrons. The highest BCUT2D eigenvalue weighted by atomic mass is 16.5. The number of morpholine rings is 1. The summed E-state index contributed by atoms with van der Waals surface area (Å²) in [5, 5.41) is 0. The van der Waals surface area contributed by atoms with Gasteiger partial charge in [0, 0.05) is 13.1 Å². The molecule has 0 saturated carbocycles. The average Bonchev–Trinajstić information content (AvgIpc) is 2.29. The molecule has 1 saturated heterocycles. The van der Waals surface area contributed by atoms with E-state index in [-0.39, 0.29) is 0 Å². The summed E-state index contributed by atoms with van der Waals surface area (Å²) in [6.07, 6.45) is 0. The van der Waals surface area contributed by atoms with Crippen LogP contribution >= 0.6 is 0 Å². The summed E-state index contributed by atoms with van der Waals surface area (Å²) in [4.78, 5) is 13.4. The largest absolute Gasteiger partial charge is 0.397 e. The first-order chi connectivity index (χ1) is 7.70. The van der Waals surface area contributed by atoms with Crippen molar-refractivity contribution in [2.45, 2.75) is 0 Å². The molecule has 1 amide bonds. The maximum atomic E-state index is 11.3. The van der Waals surface area contributed by atoms with E-state index in [0.717, 1.165) is 18.8 Å². The Labute approximate surface area is 94.0 Å². The highest BCUT2D eigenvalue weighted by molar-refractivity contribution is 6.01. The van der Waals surface area contributed by atoms with Crippen LogP contribution in [0.3, 0.4) is 0 Å². The van der Waals surface area contributed by atoms with Crippen molar-refractivity contribution in [3.8, 4) is 0 Å². The second kappa shape index (κ2) is 4.40. The summed E-state index contributed by atoms with van der Waals surface area (Å²) < 4.78 is 5.26. The monoisotopic (exact) mass is 221 g/mol. The third-order valence-corrected chi connectivity index (χ3v) is 2.66. The standard InChI is InChI=1S/C11H15N3O2/c12-9-3-1-2-8(11(13)15)10(9)14-4-6-16-7-5-14/h1-3H,4-7,12H2,(H2,13,15). The second-order valence-corrected chi connectivity index (χ2v) is 3.71. The third kappa shape index (κ3) is 1.94. The van der Waals surface area contributed by atoms with Crippen molar-refractivity contribution < 1.29 is 9.53 Å². The van der Waals surface area contributed by atoms with Gasteiger partial charge in [0.15, 0.2) is 0 Å². The summed E-state index contributed by atoms with van der Waals surface area (Å²) in [7, 11) is 0. The number of nitrogens with zero attached hydrogens (tertiary/aromatic N) is 1. The van der Waals surface area contributed by atoms with Gasteiger partial charge in [-0.1, -0.05) is 6.07 Å². The normalized spacial score (nSPS) is 16.1. The van der Waals surface area contributed by atoms with Crippen molar-refractivity contribution in [3.05, 3.63) is 23.8 Å². The molecule has 1 aliphatic rings. The van der Waals surface area contributed by atoms with Crippen molar-refractivity contribution in [1.82, 2.24) is 0 Å². The van der Waals surface area contributed by atoms with Gasteiger partial charge < -0.3 is 21.1 Å². The molecule has 1 aromatic carbocycles. The van der Waals surface area contributed by atoms with Crippen LogP contribution in [0.1, 0.15) is 10.4 Å². The molecule has 2 rings (SSSR count). The number of nitrogens with two attached hydrogens (primary N) is 2. The molecule has 0 bridgehead atoms. The summed E-state index contributed by atoms with van der Waals surface area (Å²) in [5.41, 5.74) is 13.0. The van der Waals surface area contributed by atoms with Crippen LogP contribution in [0, 0.1) is 0 Å². The molecule has 0 unspecified atom stereocenters. The van der Waals surface area contributed by atoms with E-state index in [1.54, 1.807) is 18.2 Å². The second-order valence-electron chi connectivity index (χ2n) is 3.71. The lowest BCUT2D eigenvalue weighted by atomic mass is 10.1. The fourth-order valence-corrected chi connectivity index (χ4v) is 1.90. The zero-order chi connectivity index (χ0) is 11.5. The van der Waals surface area contributed by atoms with Gasteiger partial charge in [0.2, 0.25) is 0 Å². The first-order valence-electron chi connectivity index (χ1n) is 5.21. The Hall–Kier alpha value is -1.75. The molecule has 5 nitrogen and oxygen atoms in total. The van der Waals surface area contributed by atoms with Crippen LogP contribution in [0.15, 0.2) is 18.2 Å². The lowest BCUT2D eigenvalue weighted by Crippen LogP contribution is -2.38. The van der Waals surface area contributed by atoms with Crippen LogP contribution in [0.4, 0.5) is 11.4 Å². The highest BCUT2D eigenvalue weighted by Gasteiger charge is 2.19. The molecule has 4 N–H and O–H groups in total. The number of nitrogen functional groups attached to an aromatic ring is 1. The maximum Gasteiger partial charge on any atom is 0.250 e. The molecule has 1 aromatic rings. The number of amides is 1. The highest BCUT2D eigenvalue weighted by Crippen LogP contribution is 2.28. The minimum absolute atomic E-state index is 0.450. The number of rotatable bonds is 2. The average molecular weight is 221 g/mol. The fourth-order valence-electron chi connectivity index (χ4n) is 1.90. The van der Waals surface area contributed by atoms with Crippen LogP contribution in [0.25, 0.3) is 0 Å². The number of hydrogen-bond acceptors (Lipinski definition) is 4. The minimum Gasteiger partial charge on any atom is -0.397 e. The Morgan fingerprint density at radius 2 is 2.00 bits per heavy atom. The van der Waals surface area contributed by atoms with Gasteiger partial charge in [-0.15, -0.1) is 0 Å². The molecule has 0 aliphatic carbocycles. The van der Waals surface area contributed by atoms with Gasteiger partial charge in [-0.05, 0) is 12.1 Å². The Kier molecular flexibility index (Phi) is 2.96. The first-order valence-corrected chi connectivity index (χ1v) is 5.21. The van der Waals surface area contributed by atoms with Crippen LogP contribution in [0.2, 0.25) is 0 Å². The summed E-state index contributed by atoms with van der Waals surface area (Å²) >= 11 is 0. The van der Waals surface area contributed by atoms with Crippen molar-refractivity contribution in [3.63, 3.8) is 0 Å². The van der Waals surface area contributed by atoms with Gasteiger partial charge in [-0.25, -0.2) is 0 Å². The molecule has 1 aliphatic heterocycles. The molecule has 1 heterocycles. The lowest BCUT2D eigenvalue weighted by molar-refractivity contribution is 0.0998. The van der Waals surface area contributed by atoms with E-state index in [1.807, 2.05) is 4.90 Å². The predicted molar refractivity (Wildman–Crippen MR) is 62.4 cm³/mol. The number of benzene rings is 1. The van der Waals surface area contributed by atoms with E-state index < -0.39 is 5.91 Å². The molecule has 0 atom stereocenters. The molecule has 1 fully saturated rings. The Morgan fingerprint density at radius 1 is 1.31 bits per heavy atom. The SMILES string of the molecule is NC(=O)c1cccc(N)c1N1CCOCC1. The third-order valence-electron chi connectivity index (χ3n) is 2.66. The number of ether oxygens (including phenoxy) is 1. The van der Waals surface area contributed by atoms with E-state index >= 15 is 0 Å². The number of hydrogen-bond donors (Lipinski definition) is 2. The smallest absolute Gasteiger partial charge is 0.250 e. The molecule has 0 spiro atoms.